The molecule has 2 nitrogen and oxygen atoms in total. The molecule has 1 fully saturated rings. The lowest BCUT2D eigenvalue weighted by Crippen LogP contribution is -2.33. The normalized spacial score (nSPS) is 14.6. The third-order valence-corrected chi connectivity index (χ3v) is 6.43. The number of nitrogens with one attached hydrogen (secondary N) is 1. The molecule has 1 N–H and O–H groups in total. The maximum Gasteiger partial charge on any atom is 0.0346 e. The summed E-state index contributed by atoms with van der Waals surface area (Å²) in [5, 5.41) is 6.34. The Kier molecular flexibility index (Phi) is 5.73. The fraction of sp³-hybridized carbons (Fsp3) is 0.241. The van der Waals surface area contributed by atoms with Crippen LogP contribution in [-0.2, 0) is 13.1 Å². The molecule has 0 bridgehead atoms. The minimum absolute atomic E-state index is 0.370. The first-order valence-electron chi connectivity index (χ1n) is 11.3. The molecular formula is C29H30N2. The second kappa shape index (κ2) is 8.95. The van der Waals surface area contributed by atoms with Crippen molar-refractivity contribution in [3.63, 3.8) is 0 Å². The predicted molar refractivity (Wildman–Crippen MR) is 131 cm³/mol. The Morgan fingerprint density at radius 3 is 1.84 bits per heavy atom. The van der Waals surface area contributed by atoms with Crippen LogP contribution in [0.2, 0.25) is 0 Å². The second-order valence-electron chi connectivity index (χ2n) is 9.03. The Bertz CT molecular complexity index is 1080. The van der Waals surface area contributed by atoms with E-state index in [-0.39, 0.29) is 0 Å². The molecule has 5 rings (SSSR count). The van der Waals surface area contributed by atoms with Gasteiger partial charge in [-0.3, -0.25) is 4.90 Å². The summed E-state index contributed by atoms with van der Waals surface area (Å²) < 4.78 is 0. The molecule has 0 amide bonds. The molecule has 0 atom stereocenters. The quantitative estimate of drug-likeness (QED) is 0.331. The molecule has 1 aliphatic carbocycles. The van der Waals surface area contributed by atoms with Crippen molar-refractivity contribution in [2.75, 3.05) is 18.4 Å². The summed E-state index contributed by atoms with van der Waals surface area (Å²) >= 11 is 0. The van der Waals surface area contributed by atoms with Crippen LogP contribution in [0.5, 0.6) is 0 Å². The molecular weight excluding hydrogens is 376 g/mol. The summed E-state index contributed by atoms with van der Waals surface area (Å²) in [6.45, 7) is 4.14. The molecule has 0 heterocycles. The van der Waals surface area contributed by atoms with Crippen molar-refractivity contribution in [2.45, 2.75) is 25.9 Å². The standard InChI is InChI=1S/C29H30N2/c1-3-9-24(10-4-1)20-31(21-25-11-5-2-6-12-25)23-29(17-18-29)22-30-28-16-15-26-13-7-8-14-27(26)19-28/h1-16,19,30H,17-18,20-23H2. The van der Waals surface area contributed by atoms with E-state index in [4.69, 9.17) is 0 Å². The highest BCUT2D eigenvalue weighted by Crippen LogP contribution is 2.46. The summed E-state index contributed by atoms with van der Waals surface area (Å²) in [4.78, 5) is 2.62. The second-order valence-corrected chi connectivity index (χ2v) is 9.03. The van der Waals surface area contributed by atoms with Gasteiger partial charge < -0.3 is 5.32 Å². The highest BCUT2D eigenvalue weighted by Gasteiger charge is 2.43. The minimum atomic E-state index is 0.370. The zero-order valence-corrected chi connectivity index (χ0v) is 18.0. The maximum absolute atomic E-state index is 3.75. The van der Waals surface area contributed by atoms with Crippen LogP contribution in [0.15, 0.2) is 103 Å². The van der Waals surface area contributed by atoms with Crippen LogP contribution in [0.25, 0.3) is 10.8 Å². The zero-order chi connectivity index (χ0) is 20.9. The number of hydrogen-bond acceptors (Lipinski definition) is 2. The van der Waals surface area contributed by atoms with Gasteiger partial charge in [0, 0.05) is 37.3 Å². The van der Waals surface area contributed by atoms with Crippen LogP contribution in [0.1, 0.15) is 24.0 Å². The Hall–Kier alpha value is -3.10. The highest BCUT2D eigenvalue weighted by molar-refractivity contribution is 5.85. The van der Waals surface area contributed by atoms with Crippen LogP contribution in [0.3, 0.4) is 0 Å². The largest absolute Gasteiger partial charge is 0.384 e. The monoisotopic (exact) mass is 406 g/mol. The van der Waals surface area contributed by atoms with Gasteiger partial charge in [-0.25, -0.2) is 0 Å². The first-order valence-corrected chi connectivity index (χ1v) is 11.3. The topological polar surface area (TPSA) is 15.3 Å². The van der Waals surface area contributed by atoms with Gasteiger partial charge in [0.1, 0.15) is 0 Å². The number of benzene rings is 4. The summed E-state index contributed by atoms with van der Waals surface area (Å²) in [6, 6.07) is 37.0. The minimum Gasteiger partial charge on any atom is -0.384 e. The molecule has 0 saturated heterocycles. The molecule has 1 saturated carbocycles. The Morgan fingerprint density at radius 2 is 1.23 bits per heavy atom. The third kappa shape index (κ3) is 5.15. The molecule has 0 aromatic heterocycles. The van der Waals surface area contributed by atoms with Gasteiger partial charge in [0.15, 0.2) is 0 Å². The molecule has 0 spiro atoms. The van der Waals surface area contributed by atoms with Crippen LogP contribution in [0.4, 0.5) is 5.69 Å². The predicted octanol–water partition coefficient (Wildman–Crippen LogP) is 6.73. The smallest absolute Gasteiger partial charge is 0.0346 e. The average molecular weight is 407 g/mol. The molecule has 0 radical (unpaired) electrons. The van der Waals surface area contributed by atoms with E-state index in [1.54, 1.807) is 0 Å². The van der Waals surface area contributed by atoms with E-state index in [1.807, 2.05) is 0 Å². The SMILES string of the molecule is c1ccc(CN(Cc2ccccc2)CC2(CNc3ccc4ccccc4c3)CC2)cc1. The first-order chi connectivity index (χ1) is 15.3. The van der Waals surface area contributed by atoms with Crippen molar-refractivity contribution < 1.29 is 0 Å². The average Bonchev–Trinajstić information content (AvgIpc) is 3.58. The summed E-state index contributed by atoms with van der Waals surface area (Å²) in [5.74, 6) is 0. The van der Waals surface area contributed by atoms with Crippen LogP contribution < -0.4 is 5.32 Å². The van der Waals surface area contributed by atoms with Crippen LogP contribution in [-0.4, -0.2) is 18.0 Å². The van der Waals surface area contributed by atoms with E-state index in [1.165, 1.54) is 40.4 Å². The van der Waals surface area contributed by atoms with Crippen LogP contribution >= 0.6 is 0 Å². The number of fused-ring (bicyclic) bond motifs is 1. The van der Waals surface area contributed by atoms with Crippen molar-refractivity contribution in [1.29, 1.82) is 0 Å². The van der Waals surface area contributed by atoms with Crippen molar-refractivity contribution in [2.24, 2.45) is 5.41 Å². The van der Waals surface area contributed by atoms with E-state index in [9.17, 15) is 0 Å². The fourth-order valence-electron chi connectivity index (χ4n) is 4.48. The van der Waals surface area contributed by atoms with Gasteiger partial charge in [-0.05, 0) is 46.9 Å². The highest BCUT2D eigenvalue weighted by atomic mass is 15.1. The molecule has 0 aliphatic heterocycles. The molecule has 0 unspecified atom stereocenters. The van der Waals surface area contributed by atoms with Crippen LogP contribution in [0, 0.1) is 5.41 Å². The van der Waals surface area contributed by atoms with Gasteiger partial charge in [-0.15, -0.1) is 0 Å². The van der Waals surface area contributed by atoms with Gasteiger partial charge in [-0.2, -0.15) is 0 Å². The molecule has 4 aromatic carbocycles. The number of rotatable bonds is 9. The summed E-state index contributed by atoms with van der Waals surface area (Å²) in [6.07, 6.45) is 2.60. The summed E-state index contributed by atoms with van der Waals surface area (Å²) in [7, 11) is 0. The van der Waals surface area contributed by atoms with Gasteiger partial charge in [0.2, 0.25) is 0 Å². The lowest BCUT2D eigenvalue weighted by atomic mass is 10.0. The first kappa shape index (κ1) is 19.8. The van der Waals surface area contributed by atoms with E-state index in [0.29, 0.717) is 5.41 Å². The summed E-state index contributed by atoms with van der Waals surface area (Å²) in [5.41, 5.74) is 4.37. The zero-order valence-electron chi connectivity index (χ0n) is 18.0. The number of nitrogens with zero attached hydrogens (tertiary/aromatic N) is 1. The number of anilines is 1. The van der Waals surface area contributed by atoms with Gasteiger partial charge in [0.25, 0.3) is 0 Å². The molecule has 4 aromatic rings. The van der Waals surface area contributed by atoms with Gasteiger partial charge in [-0.1, -0.05) is 91.0 Å². The van der Waals surface area contributed by atoms with Crippen molar-refractivity contribution in [3.8, 4) is 0 Å². The fourth-order valence-corrected chi connectivity index (χ4v) is 4.48. The lowest BCUT2D eigenvalue weighted by molar-refractivity contribution is 0.208. The van der Waals surface area contributed by atoms with E-state index in [2.05, 4.69) is 113 Å². The molecule has 2 heteroatoms. The maximum atomic E-state index is 3.75. The van der Waals surface area contributed by atoms with E-state index in [0.717, 1.165) is 26.2 Å². The Morgan fingerprint density at radius 1 is 0.645 bits per heavy atom. The van der Waals surface area contributed by atoms with Crippen molar-refractivity contribution in [1.82, 2.24) is 4.90 Å². The van der Waals surface area contributed by atoms with Crippen molar-refractivity contribution >= 4 is 16.5 Å². The molecule has 1 aliphatic rings. The Labute approximate surface area is 185 Å². The van der Waals surface area contributed by atoms with E-state index >= 15 is 0 Å². The number of hydrogen-bond donors (Lipinski definition) is 1. The lowest BCUT2D eigenvalue weighted by Gasteiger charge is -2.28. The molecule has 31 heavy (non-hydrogen) atoms. The van der Waals surface area contributed by atoms with Crippen molar-refractivity contribution in [3.05, 3.63) is 114 Å². The van der Waals surface area contributed by atoms with Gasteiger partial charge >= 0.3 is 0 Å². The third-order valence-electron chi connectivity index (χ3n) is 6.43. The van der Waals surface area contributed by atoms with Gasteiger partial charge in [0.05, 0.1) is 0 Å². The van der Waals surface area contributed by atoms with E-state index < -0.39 is 0 Å². The molecule has 156 valence electrons. The Balaban J connectivity index is 1.27.